The maximum atomic E-state index is 12.4. The van der Waals surface area contributed by atoms with Crippen molar-refractivity contribution < 1.29 is 9.21 Å². The smallest absolute Gasteiger partial charge is 0.230 e. The van der Waals surface area contributed by atoms with Crippen LogP contribution in [0.4, 0.5) is 5.13 Å². The summed E-state index contributed by atoms with van der Waals surface area (Å²) in [6.07, 6.45) is 4.47. The number of carbonyl (C=O) groups excluding carboxylic acids is 1. The molecule has 0 radical (unpaired) electrons. The molecule has 4 rings (SSSR count). The van der Waals surface area contributed by atoms with E-state index in [9.17, 15) is 4.79 Å². The molecule has 1 aliphatic rings. The van der Waals surface area contributed by atoms with Gasteiger partial charge in [0.15, 0.2) is 5.13 Å². The Morgan fingerprint density at radius 1 is 1.36 bits per heavy atom. The van der Waals surface area contributed by atoms with Crippen LogP contribution in [0.1, 0.15) is 36.6 Å². The summed E-state index contributed by atoms with van der Waals surface area (Å²) in [5.41, 5.74) is 3.91. The number of fused-ring (bicyclic) bond motifs is 1. The lowest BCUT2D eigenvalue weighted by molar-refractivity contribution is -0.115. The fourth-order valence-electron chi connectivity index (χ4n) is 3.55. The Balaban J connectivity index is 0.00000225. The number of furan rings is 1. The van der Waals surface area contributed by atoms with E-state index in [0.717, 1.165) is 53.3 Å². The number of likely N-dealkylation sites (tertiary alicyclic amines) is 1. The zero-order valence-corrected chi connectivity index (χ0v) is 17.9. The molecule has 1 amide bonds. The Kier molecular flexibility index (Phi) is 6.75. The quantitative estimate of drug-likeness (QED) is 0.629. The minimum absolute atomic E-state index is 0. The van der Waals surface area contributed by atoms with Crippen LogP contribution in [-0.2, 0) is 17.8 Å². The van der Waals surface area contributed by atoms with Gasteiger partial charge in [-0.3, -0.25) is 9.69 Å². The summed E-state index contributed by atoms with van der Waals surface area (Å²) < 4.78 is 5.58. The minimum Gasteiger partial charge on any atom is -0.464 e. The number of thiazole rings is 1. The number of anilines is 1. The third kappa shape index (κ3) is 4.93. The highest BCUT2D eigenvalue weighted by Gasteiger charge is 2.17. The SMILES string of the molecule is Cc1ccc2c(CC(=O)Nc3nc(CN4CCC(C)CC4)cs3)coc2c1.Cl. The third-order valence-corrected chi connectivity index (χ3v) is 6.03. The lowest BCUT2D eigenvalue weighted by Gasteiger charge is -2.29. The molecular weight excluding hydrogens is 394 g/mol. The van der Waals surface area contributed by atoms with Crippen molar-refractivity contribution in [3.8, 4) is 0 Å². The first kappa shape index (κ1) is 20.8. The van der Waals surface area contributed by atoms with Crippen molar-refractivity contribution in [2.24, 2.45) is 5.92 Å². The number of halogens is 1. The second kappa shape index (κ2) is 9.07. The molecular formula is C21H26ClN3O2S. The first-order valence-electron chi connectivity index (χ1n) is 9.50. The maximum Gasteiger partial charge on any atom is 0.230 e. The van der Waals surface area contributed by atoms with Gasteiger partial charge in [-0.25, -0.2) is 4.98 Å². The number of hydrogen-bond acceptors (Lipinski definition) is 5. The molecule has 0 unspecified atom stereocenters. The molecule has 0 saturated carbocycles. The Morgan fingerprint density at radius 2 is 2.14 bits per heavy atom. The molecule has 0 spiro atoms. The van der Waals surface area contributed by atoms with Crippen LogP contribution in [0.3, 0.4) is 0 Å². The maximum absolute atomic E-state index is 12.4. The van der Waals surface area contributed by atoms with E-state index in [2.05, 4.69) is 22.1 Å². The first-order valence-corrected chi connectivity index (χ1v) is 10.4. The number of aromatic nitrogens is 1. The van der Waals surface area contributed by atoms with Gasteiger partial charge in [0.25, 0.3) is 0 Å². The molecule has 1 aliphatic heterocycles. The van der Waals surface area contributed by atoms with Gasteiger partial charge < -0.3 is 9.73 Å². The number of rotatable bonds is 5. The first-order chi connectivity index (χ1) is 13.1. The van der Waals surface area contributed by atoms with Crippen molar-refractivity contribution >= 4 is 45.8 Å². The van der Waals surface area contributed by atoms with Crippen LogP contribution in [0.5, 0.6) is 0 Å². The van der Waals surface area contributed by atoms with Gasteiger partial charge in [-0.1, -0.05) is 19.1 Å². The van der Waals surface area contributed by atoms with E-state index in [4.69, 9.17) is 4.42 Å². The molecule has 28 heavy (non-hydrogen) atoms. The predicted molar refractivity (Wildman–Crippen MR) is 116 cm³/mol. The lowest BCUT2D eigenvalue weighted by Crippen LogP contribution is -2.32. The molecule has 5 nitrogen and oxygen atoms in total. The zero-order valence-electron chi connectivity index (χ0n) is 16.2. The number of carbonyl (C=O) groups is 1. The molecule has 150 valence electrons. The molecule has 1 saturated heterocycles. The largest absolute Gasteiger partial charge is 0.464 e. The summed E-state index contributed by atoms with van der Waals surface area (Å²) >= 11 is 1.49. The molecule has 0 atom stereocenters. The van der Waals surface area contributed by atoms with Gasteiger partial charge in [-0.2, -0.15) is 0 Å². The van der Waals surface area contributed by atoms with Gasteiger partial charge in [0.05, 0.1) is 18.4 Å². The van der Waals surface area contributed by atoms with Gasteiger partial charge in [0.1, 0.15) is 5.58 Å². The van der Waals surface area contributed by atoms with E-state index in [1.165, 1.54) is 24.2 Å². The van der Waals surface area contributed by atoms with Crippen LogP contribution in [-0.4, -0.2) is 28.9 Å². The number of aryl methyl sites for hydroxylation is 1. The van der Waals surface area contributed by atoms with E-state index in [0.29, 0.717) is 5.13 Å². The average Bonchev–Trinajstić information content (AvgIpc) is 3.24. The Hall–Kier alpha value is -1.89. The van der Waals surface area contributed by atoms with Crippen molar-refractivity contribution in [1.82, 2.24) is 9.88 Å². The summed E-state index contributed by atoms with van der Waals surface area (Å²) in [5, 5.41) is 6.64. The summed E-state index contributed by atoms with van der Waals surface area (Å²) in [5.74, 6) is 0.764. The molecule has 1 fully saturated rings. The van der Waals surface area contributed by atoms with E-state index in [1.54, 1.807) is 6.26 Å². The second-order valence-corrected chi connectivity index (χ2v) is 8.45. The van der Waals surface area contributed by atoms with Crippen molar-refractivity contribution in [2.75, 3.05) is 18.4 Å². The Bertz CT molecular complexity index is 944. The molecule has 0 aliphatic carbocycles. The van der Waals surface area contributed by atoms with Crippen LogP contribution < -0.4 is 5.32 Å². The Labute approximate surface area is 175 Å². The number of hydrogen-bond donors (Lipinski definition) is 1. The highest BCUT2D eigenvalue weighted by molar-refractivity contribution is 7.13. The van der Waals surface area contributed by atoms with Gasteiger partial charge in [-0.15, -0.1) is 23.7 Å². The van der Waals surface area contributed by atoms with E-state index >= 15 is 0 Å². The van der Waals surface area contributed by atoms with Crippen LogP contribution in [0.25, 0.3) is 11.0 Å². The monoisotopic (exact) mass is 419 g/mol. The molecule has 1 N–H and O–H groups in total. The van der Waals surface area contributed by atoms with Gasteiger partial charge in [0, 0.05) is 22.9 Å². The van der Waals surface area contributed by atoms with Crippen molar-refractivity contribution in [2.45, 2.75) is 39.7 Å². The summed E-state index contributed by atoms with van der Waals surface area (Å²) in [4.78, 5) is 19.5. The molecule has 1 aromatic carbocycles. The standard InChI is InChI=1S/C21H25N3O2S.ClH/c1-14-5-7-24(8-6-14)11-17-13-27-21(22-17)23-20(25)10-16-12-26-19-9-15(2)3-4-18(16)19;/h3-4,9,12-14H,5-8,10-11H2,1-2H3,(H,22,23,25);1H. The predicted octanol–water partition coefficient (Wildman–Crippen LogP) is 5.03. The average molecular weight is 420 g/mol. The van der Waals surface area contributed by atoms with Crippen LogP contribution >= 0.6 is 23.7 Å². The highest BCUT2D eigenvalue weighted by Crippen LogP contribution is 2.24. The number of nitrogens with one attached hydrogen (secondary N) is 1. The van der Waals surface area contributed by atoms with E-state index in [1.807, 2.05) is 30.5 Å². The number of nitrogens with zero attached hydrogens (tertiary/aromatic N) is 2. The molecule has 3 heterocycles. The normalized spacial score (nSPS) is 15.5. The fourth-order valence-corrected chi connectivity index (χ4v) is 4.27. The number of benzene rings is 1. The molecule has 0 bridgehead atoms. The van der Waals surface area contributed by atoms with Crippen LogP contribution in [0, 0.1) is 12.8 Å². The van der Waals surface area contributed by atoms with Crippen molar-refractivity contribution in [3.05, 3.63) is 46.7 Å². The minimum atomic E-state index is -0.0639. The van der Waals surface area contributed by atoms with Crippen LogP contribution in [0.2, 0.25) is 0 Å². The van der Waals surface area contributed by atoms with Crippen molar-refractivity contribution in [3.63, 3.8) is 0 Å². The molecule has 3 aromatic rings. The van der Waals surface area contributed by atoms with Crippen molar-refractivity contribution in [1.29, 1.82) is 0 Å². The van der Waals surface area contributed by atoms with Crippen LogP contribution in [0.15, 0.2) is 34.3 Å². The van der Waals surface area contributed by atoms with E-state index in [-0.39, 0.29) is 24.7 Å². The topological polar surface area (TPSA) is 58.4 Å². The van der Waals surface area contributed by atoms with Gasteiger partial charge in [0.2, 0.25) is 5.91 Å². The van der Waals surface area contributed by atoms with Gasteiger partial charge >= 0.3 is 0 Å². The summed E-state index contributed by atoms with van der Waals surface area (Å²) in [6, 6.07) is 6.04. The van der Waals surface area contributed by atoms with E-state index < -0.39 is 0 Å². The third-order valence-electron chi connectivity index (χ3n) is 5.22. The number of piperidine rings is 1. The highest BCUT2D eigenvalue weighted by atomic mass is 35.5. The van der Waals surface area contributed by atoms with Gasteiger partial charge in [-0.05, 0) is 50.4 Å². The lowest BCUT2D eigenvalue weighted by atomic mass is 9.99. The zero-order chi connectivity index (χ0) is 18.8. The number of amides is 1. The summed E-state index contributed by atoms with van der Waals surface area (Å²) in [6.45, 7) is 7.47. The second-order valence-electron chi connectivity index (χ2n) is 7.59. The molecule has 7 heteroatoms. The summed E-state index contributed by atoms with van der Waals surface area (Å²) in [7, 11) is 0. The Morgan fingerprint density at radius 3 is 2.93 bits per heavy atom. The fraction of sp³-hybridized carbons (Fsp3) is 0.429. The molecule has 2 aromatic heterocycles.